The van der Waals surface area contributed by atoms with Crippen LogP contribution in [0.3, 0.4) is 0 Å². The Labute approximate surface area is 117 Å². The first-order valence-corrected chi connectivity index (χ1v) is 7.66. The van der Waals surface area contributed by atoms with E-state index in [1.807, 2.05) is 0 Å². The zero-order valence-corrected chi connectivity index (χ0v) is 16.0. The molecule has 0 fully saturated rings. The van der Waals surface area contributed by atoms with Crippen LogP contribution in [0.1, 0.15) is 27.7 Å². The molecule has 0 spiro atoms. The van der Waals surface area contributed by atoms with Crippen LogP contribution in [-0.4, -0.2) is 26.4 Å². The molecule has 0 radical (unpaired) electrons. The minimum absolute atomic E-state index is 0. The van der Waals surface area contributed by atoms with E-state index in [2.05, 4.69) is 18.1 Å². The molecule has 102 valence electrons. The van der Waals surface area contributed by atoms with Crippen molar-refractivity contribution in [1.82, 2.24) is 0 Å². The Kier molecular flexibility index (Phi) is 26.1. The smallest absolute Gasteiger partial charge is 0.311 e. The van der Waals surface area contributed by atoms with E-state index in [-0.39, 0.29) is 19.5 Å². The van der Waals surface area contributed by atoms with Crippen molar-refractivity contribution in [2.75, 3.05) is 26.4 Å². The topological polar surface area (TPSA) is 71.1 Å². The Morgan fingerprint density at radius 2 is 0.824 bits per heavy atom. The maximum atomic E-state index is 10.4. The van der Waals surface area contributed by atoms with Crippen LogP contribution < -0.4 is 0 Å². The first-order chi connectivity index (χ1) is 7.62. The zero-order valence-electron chi connectivity index (χ0n) is 11.0. The van der Waals surface area contributed by atoms with Gasteiger partial charge in [0.05, 0.1) is 26.4 Å². The van der Waals surface area contributed by atoms with Gasteiger partial charge in [0.2, 0.25) is 0 Å². The summed E-state index contributed by atoms with van der Waals surface area (Å²) in [6, 6.07) is 0. The van der Waals surface area contributed by atoms with Gasteiger partial charge < -0.3 is 18.1 Å². The van der Waals surface area contributed by atoms with E-state index in [1.165, 1.54) is 0 Å². The third-order valence-corrected chi connectivity index (χ3v) is 3.15. The average molecular weight is 342 g/mol. The summed E-state index contributed by atoms with van der Waals surface area (Å²) in [6.07, 6.45) is 0. The summed E-state index contributed by atoms with van der Waals surface area (Å²) in [4.78, 5) is 0. The molecule has 0 aliphatic rings. The van der Waals surface area contributed by atoms with Gasteiger partial charge in [0.15, 0.2) is 0 Å². The van der Waals surface area contributed by atoms with Crippen LogP contribution in [0, 0.1) is 0 Å². The quantitative estimate of drug-likeness (QED) is 0.499. The van der Waals surface area contributed by atoms with Crippen LogP contribution in [-0.2, 0) is 46.7 Å². The van der Waals surface area contributed by atoms with Crippen LogP contribution >= 0.6 is 16.5 Å². The van der Waals surface area contributed by atoms with E-state index in [1.54, 1.807) is 27.7 Å². The maximum absolute atomic E-state index is 10.4. The molecule has 0 aliphatic carbocycles. The Morgan fingerprint density at radius 3 is 0.941 bits per heavy atom. The van der Waals surface area contributed by atoms with Gasteiger partial charge in [-0.25, -0.2) is 0 Å². The average Bonchev–Trinajstić information content (AvgIpc) is 2.20. The van der Waals surface area contributed by atoms with Crippen molar-refractivity contribution in [1.29, 1.82) is 0 Å². The zero-order chi connectivity index (χ0) is 12.8. The van der Waals surface area contributed by atoms with Gasteiger partial charge in [-0.2, -0.15) is 0 Å². The molecule has 6 nitrogen and oxygen atoms in total. The molecule has 0 N–H and O–H groups in total. The summed E-state index contributed by atoms with van der Waals surface area (Å²) in [5.74, 6) is 0. The second kappa shape index (κ2) is 19.3. The minimum atomic E-state index is -2.14. The predicted octanol–water partition coefficient (Wildman–Crippen LogP) is 2.90. The van der Waals surface area contributed by atoms with Crippen LogP contribution in [0.15, 0.2) is 0 Å². The number of hydrogen-bond acceptors (Lipinski definition) is 6. The fraction of sp³-hybridized carbons (Fsp3) is 1.00. The van der Waals surface area contributed by atoms with E-state index < -0.39 is 16.5 Å². The van der Waals surface area contributed by atoms with Crippen molar-refractivity contribution in [2.45, 2.75) is 27.7 Å². The molecule has 9 heteroatoms. The molecule has 0 aromatic rings. The molecule has 0 amide bonds. The first-order valence-electron chi connectivity index (χ1n) is 5.21. The van der Waals surface area contributed by atoms with Crippen LogP contribution in [0.25, 0.3) is 0 Å². The molecule has 0 aromatic heterocycles. The van der Waals surface area contributed by atoms with Gasteiger partial charge in [-0.05, 0) is 27.7 Å². The van der Waals surface area contributed by atoms with Crippen LogP contribution in [0.4, 0.5) is 0 Å². The van der Waals surface area contributed by atoms with Gasteiger partial charge in [0.1, 0.15) is 0 Å². The summed E-state index contributed by atoms with van der Waals surface area (Å²) < 4.78 is 39.2. The molecule has 0 saturated heterocycles. The van der Waals surface area contributed by atoms with Crippen molar-refractivity contribution >= 4 is 16.5 Å². The van der Waals surface area contributed by atoms with Crippen LogP contribution in [0.2, 0.25) is 0 Å². The van der Waals surface area contributed by atoms with Crippen molar-refractivity contribution in [3.63, 3.8) is 0 Å². The van der Waals surface area contributed by atoms with Crippen molar-refractivity contribution < 1.29 is 46.7 Å². The molecule has 0 rings (SSSR count). The second-order valence-corrected chi connectivity index (χ2v) is 4.39. The summed E-state index contributed by atoms with van der Waals surface area (Å²) in [7, 11) is -4.28. The Hall–Kier alpha value is 0.923. The van der Waals surface area contributed by atoms with E-state index in [0.29, 0.717) is 26.4 Å². The molecule has 0 saturated carbocycles. The molecule has 0 heterocycles. The van der Waals surface area contributed by atoms with E-state index >= 15 is 0 Å². The maximum Gasteiger partial charge on any atom is 0.319 e. The summed E-state index contributed by atoms with van der Waals surface area (Å²) in [5, 5.41) is 0. The molecule has 0 unspecified atom stereocenters. The monoisotopic (exact) mass is 340 g/mol. The molecule has 0 aliphatic heterocycles. The molecule has 0 bridgehead atoms. The summed E-state index contributed by atoms with van der Waals surface area (Å²) >= 11 is 0. The van der Waals surface area contributed by atoms with Crippen LogP contribution in [0.5, 0.6) is 0 Å². The fourth-order valence-corrected chi connectivity index (χ4v) is 1.66. The Morgan fingerprint density at radius 1 is 0.647 bits per heavy atom. The molecule has 0 aromatic carbocycles. The Bertz CT molecular complexity index is 157. The fourth-order valence-electron chi connectivity index (χ4n) is 0.555. The van der Waals surface area contributed by atoms with Crippen molar-refractivity contribution in [3.05, 3.63) is 0 Å². The number of rotatable bonds is 8. The van der Waals surface area contributed by atoms with E-state index in [4.69, 9.17) is 0 Å². The van der Waals surface area contributed by atoms with Gasteiger partial charge in [0, 0.05) is 19.5 Å². The van der Waals surface area contributed by atoms with Crippen molar-refractivity contribution in [2.24, 2.45) is 0 Å². The third kappa shape index (κ3) is 22.6. The SMILES string of the molecule is CCO[PH](=O)OCC.CCO[PH](=O)OCC.[Zn]. The Balaban J connectivity index is -0.000000218. The summed E-state index contributed by atoms with van der Waals surface area (Å²) in [6.45, 7) is 8.94. The first kappa shape index (κ1) is 23.0. The third-order valence-electron chi connectivity index (χ3n) is 1.05. The normalized spacial score (nSPS) is 9.76. The van der Waals surface area contributed by atoms with Gasteiger partial charge >= 0.3 is 16.5 Å². The predicted molar refractivity (Wildman–Crippen MR) is 64.5 cm³/mol. The molecule has 17 heavy (non-hydrogen) atoms. The summed E-state index contributed by atoms with van der Waals surface area (Å²) in [5.41, 5.74) is 0. The van der Waals surface area contributed by atoms with Gasteiger partial charge in [-0.1, -0.05) is 0 Å². The number of hydrogen-bond donors (Lipinski definition) is 0. The molecular formula is C8H22O6P2Zn. The van der Waals surface area contributed by atoms with Gasteiger partial charge in [0.25, 0.3) is 0 Å². The molecule has 0 atom stereocenters. The van der Waals surface area contributed by atoms with E-state index in [9.17, 15) is 9.13 Å². The minimum Gasteiger partial charge on any atom is -0.311 e. The van der Waals surface area contributed by atoms with Gasteiger partial charge in [-0.15, -0.1) is 0 Å². The second-order valence-electron chi connectivity index (χ2n) is 2.23. The largest absolute Gasteiger partial charge is 0.319 e. The van der Waals surface area contributed by atoms with Crippen molar-refractivity contribution in [3.8, 4) is 0 Å². The van der Waals surface area contributed by atoms with Gasteiger partial charge in [-0.3, -0.25) is 9.13 Å². The standard InChI is InChI=1S/2C4H11O3P.Zn/c2*1-3-6-8(5)7-4-2;/h2*8H,3-4H2,1-2H3;. The van der Waals surface area contributed by atoms with E-state index in [0.717, 1.165) is 0 Å². The molecular weight excluding hydrogens is 319 g/mol.